The van der Waals surface area contributed by atoms with E-state index >= 15 is 0 Å². The summed E-state index contributed by atoms with van der Waals surface area (Å²) in [6.07, 6.45) is 0. The van der Waals surface area contributed by atoms with Gasteiger partial charge in [-0.3, -0.25) is 4.79 Å². The average Bonchev–Trinajstić information content (AvgIpc) is 2.90. The number of ether oxygens (including phenoxy) is 1. The molecular formula is C13H9IO4S. The fourth-order valence-electron chi connectivity index (χ4n) is 1.45. The Morgan fingerprint density at radius 1 is 1.32 bits per heavy atom. The standard InChI is InChI=1S/C13H9IO4S/c14-9-6-8(13(17)11-2-1-5-19-11)3-4-10(9)18-7-12(15)16/h1-6H,7H2,(H,15,16). The van der Waals surface area contributed by atoms with Gasteiger partial charge in [-0.1, -0.05) is 6.07 Å². The lowest BCUT2D eigenvalue weighted by Gasteiger charge is -2.07. The lowest BCUT2D eigenvalue weighted by molar-refractivity contribution is -0.139. The normalized spacial score (nSPS) is 10.2. The van der Waals surface area contributed by atoms with Gasteiger partial charge >= 0.3 is 5.97 Å². The van der Waals surface area contributed by atoms with Gasteiger partial charge in [0.1, 0.15) is 5.75 Å². The topological polar surface area (TPSA) is 63.6 Å². The van der Waals surface area contributed by atoms with Crippen LogP contribution in [-0.4, -0.2) is 23.5 Å². The average molecular weight is 388 g/mol. The first-order valence-electron chi connectivity index (χ1n) is 5.30. The first kappa shape index (κ1) is 14.0. The van der Waals surface area contributed by atoms with Gasteiger partial charge in [-0.15, -0.1) is 11.3 Å². The Balaban J connectivity index is 2.19. The summed E-state index contributed by atoms with van der Waals surface area (Å²) in [5.41, 5.74) is 0.564. The second-order valence-corrected chi connectivity index (χ2v) is 5.74. The molecule has 1 N–H and O–H groups in total. The molecule has 0 saturated heterocycles. The molecule has 1 heterocycles. The summed E-state index contributed by atoms with van der Waals surface area (Å²) in [4.78, 5) is 23.2. The Morgan fingerprint density at radius 2 is 2.11 bits per heavy atom. The zero-order valence-electron chi connectivity index (χ0n) is 9.63. The van der Waals surface area contributed by atoms with E-state index < -0.39 is 12.6 Å². The SMILES string of the molecule is O=C(O)COc1ccc(C(=O)c2cccs2)cc1I. The highest BCUT2D eigenvalue weighted by atomic mass is 127. The number of benzene rings is 1. The van der Waals surface area contributed by atoms with Crippen molar-refractivity contribution in [1.82, 2.24) is 0 Å². The lowest BCUT2D eigenvalue weighted by atomic mass is 10.1. The zero-order valence-corrected chi connectivity index (χ0v) is 12.6. The summed E-state index contributed by atoms with van der Waals surface area (Å²) in [5, 5.41) is 10.4. The van der Waals surface area contributed by atoms with Gasteiger partial charge in [0, 0.05) is 5.56 Å². The van der Waals surface area contributed by atoms with E-state index in [2.05, 4.69) is 0 Å². The van der Waals surface area contributed by atoms with E-state index in [1.54, 1.807) is 24.3 Å². The predicted molar refractivity (Wildman–Crippen MR) is 80.0 cm³/mol. The Labute approximate surface area is 127 Å². The molecule has 0 aliphatic heterocycles. The molecule has 0 fully saturated rings. The second kappa shape index (κ2) is 6.16. The van der Waals surface area contributed by atoms with Gasteiger partial charge < -0.3 is 9.84 Å². The number of aliphatic carboxylic acids is 1. The van der Waals surface area contributed by atoms with Crippen molar-refractivity contribution in [2.45, 2.75) is 0 Å². The quantitative estimate of drug-likeness (QED) is 0.632. The third-order valence-corrected chi connectivity index (χ3v) is 4.00. The highest BCUT2D eigenvalue weighted by Gasteiger charge is 2.12. The largest absolute Gasteiger partial charge is 0.481 e. The number of carboxylic acid groups (broad SMARTS) is 1. The Morgan fingerprint density at radius 3 is 2.68 bits per heavy atom. The van der Waals surface area contributed by atoms with Crippen molar-refractivity contribution in [1.29, 1.82) is 0 Å². The summed E-state index contributed by atoms with van der Waals surface area (Å²) in [6.45, 7) is -0.395. The lowest BCUT2D eigenvalue weighted by Crippen LogP contribution is -2.10. The Kier molecular flexibility index (Phi) is 4.54. The van der Waals surface area contributed by atoms with Crippen LogP contribution in [0.1, 0.15) is 15.2 Å². The van der Waals surface area contributed by atoms with Crippen LogP contribution in [0.15, 0.2) is 35.7 Å². The number of hydrogen-bond acceptors (Lipinski definition) is 4. The van der Waals surface area contributed by atoms with Crippen LogP contribution in [0.4, 0.5) is 0 Å². The molecule has 0 unspecified atom stereocenters. The molecule has 2 aromatic rings. The summed E-state index contributed by atoms with van der Waals surface area (Å²) in [7, 11) is 0. The minimum absolute atomic E-state index is 0.0438. The molecule has 98 valence electrons. The summed E-state index contributed by atoms with van der Waals surface area (Å²) in [5.74, 6) is -0.613. The first-order valence-corrected chi connectivity index (χ1v) is 7.26. The zero-order chi connectivity index (χ0) is 13.8. The maximum atomic E-state index is 12.1. The number of rotatable bonds is 5. The molecule has 1 aromatic heterocycles. The third kappa shape index (κ3) is 3.54. The van der Waals surface area contributed by atoms with Crippen molar-refractivity contribution in [2.75, 3.05) is 6.61 Å². The fourth-order valence-corrected chi connectivity index (χ4v) is 2.81. The molecule has 6 heteroatoms. The number of carboxylic acids is 1. The van der Waals surface area contributed by atoms with E-state index in [4.69, 9.17) is 9.84 Å². The summed E-state index contributed by atoms with van der Waals surface area (Å²) < 4.78 is 5.82. The van der Waals surface area contributed by atoms with Crippen molar-refractivity contribution in [3.8, 4) is 5.75 Å². The van der Waals surface area contributed by atoms with Gasteiger partial charge in [0.15, 0.2) is 6.61 Å². The Bertz CT molecular complexity index is 607. The van der Waals surface area contributed by atoms with Crippen molar-refractivity contribution in [3.63, 3.8) is 0 Å². The molecule has 0 bridgehead atoms. The highest BCUT2D eigenvalue weighted by Crippen LogP contribution is 2.24. The van der Waals surface area contributed by atoms with Gasteiger partial charge in [-0.2, -0.15) is 0 Å². The Hall–Kier alpha value is -1.41. The molecule has 0 aliphatic carbocycles. The van der Waals surface area contributed by atoms with Crippen LogP contribution in [-0.2, 0) is 4.79 Å². The molecule has 0 atom stereocenters. The maximum absolute atomic E-state index is 12.1. The van der Waals surface area contributed by atoms with Gasteiger partial charge in [0.05, 0.1) is 8.45 Å². The number of ketones is 1. The summed E-state index contributed by atoms with van der Waals surface area (Å²) >= 11 is 3.41. The minimum atomic E-state index is -1.03. The minimum Gasteiger partial charge on any atom is -0.481 e. The third-order valence-electron chi connectivity index (χ3n) is 2.29. The highest BCUT2D eigenvalue weighted by molar-refractivity contribution is 14.1. The molecule has 19 heavy (non-hydrogen) atoms. The molecule has 0 saturated carbocycles. The van der Waals surface area contributed by atoms with E-state index in [-0.39, 0.29) is 5.78 Å². The van der Waals surface area contributed by atoms with Gasteiger partial charge in [-0.05, 0) is 52.2 Å². The van der Waals surface area contributed by atoms with E-state index in [9.17, 15) is 9.59 Å². The number of carbonyl (C=O) groups excluding carboxylic acids is 1. The smallest absolute Gasteiger partial charge is 0.341 e. The number of halogens is 1. The molecule has 0 amide bonds. The predicted octanol–water partition coefficient (Wildman–Crippen LogP) is 3.05. The van der Waals surface area contributed by atoms with Gasteiger partial charge in [0.25, 0.3) is 0 Å². The van der Waals surface area contributed by atoms with Crippen LogP contribution in [0, 0.1) is 3.57 Å². The molecule has 1 aromatic carbocycles. The van der Waals surface area contributed by atoms with Crippen LogP contribution in [0.25, 0.3) is 0 Å². The van der Waals surface area contributed by atoms with Crippen LogP contribution in [0.5, 0.6) is 5.75 Å². The van der Waals surface area contributed by atoms with Gasteiger partial charge in [-0.25, -0.2) is 4.79 Å². The number of thiophene rings is 1. The van der Waals surface area contributed by atoms with Crippen LogP contribution in [0.2, 0.25) is 0 Å². The van der Waals surface area contributed by atoms with E-state index in [0.717, 1.165) is 0 Å². The number of hydrogen-bond donors (Lipinski definition) is 1. The van der Waals surface area contributed by atoms with Crippen molar-refractivity contribution >= 4 is 45.7 Å². The molecule has 0 spiro atoms. The van der Waals surface area contributed by atoms with Gasteiger partial charge in [0.2, 0.25) is 5.78 Å². The molecule has 0 radical (unpaired) electrons. The van der Waals surface area contributed by atoms with Crippen LogP contribution in [0.3, 0.4) is 0 Å². The van der Waals surface area contributed by atoms with E-state index in [1.807, 2.05) is 34.0 Å². The molecule has 2 rings (SSSR count). The molecule has 4 nitrogen and oxygen atoms in total. The van der Waals surface area contributed by atoms with E-state index in [0.29, 0.717) is 19.8 Å². The van der Waals surface area contributed by atoms with Crippen molar-refractivity contribution in [2.24, 2.45) is 0 Å². The monoisotopic (exact) mass is 388 g/mol. The molecule has 0 aliphatic rings. The van der Waals surface area contributed by atoms with Crippen molar-refractivity contribution in [3.05, 3.63) is 49.7 Å². The van der Waals surface area contributed by atoms with E-state index in [1.165, 1.54) is 11.3 Å². The van der Waals surface area contributed by atoms with Crippen LogP contribution >= 0.6 is 33.9 Å². The number of carbonyl (C=O) groups is 2. The second-order valence-electron chi connectivity index (χ2n) is 3.63. The van der Waals surface area contributed by atoms with Crippen LogP contribution < -0.4 is 4.74 Å². The first-order chi connectivity index (χ1) is 9.08. The fraction of sp³-hybridized carbons (Fsp3) is 0.0769. The van der Waals surface area contributed by atoms with Crippen molar-refractivity contribution < 1.29 is 19.4 Å². The summed E-state index contributed by atoms with van der Waals surface area (Å²) in [6, 6.07) is 8.55. The molecular weight excluding hydrogens is 379 g/mol. The maximum Gasteiger partial charge on any atom is 0.341 e.